The van der Waals surface area contributed by atoms with Gasteiger partial charge in [0.25, 0.3) is 5.91 Å². The van der Waals surface area contributed by atoms with Crippen LogP contribution < -0.4 is 5.32 Å². The molecule has 6 heteroatoms. The van der Waals surface area contributed by atoms with Crippen LogP contribution in [0.2, 0.25) is 5.02 Å². The summed E-state index contributed by atoms with van der Waals surface area (Å²) in [7, 11) is 0. The number of amides is 1. The van der Waals surface area contributed by atoms with E-state index in [1.807, 2.05) is 55.5 Å². The van der Waals surface area contributed by atoms with Crippen LogP contribution in [0.15, 0.2) is 48.5 Å². The van der Waals surface area contributed by atoms with Crippen LogP contribution in [0.5, 0.6) is 0 Å². The van der Waals surface area contributed by atoms with Crippen molar-refractivity contribution in [1.82, 2.24) is 20.1 Å². The molecule has 1 aliphatic rings. The fourth-order valence-electron chi connectivity index (χ4n) is 3.59. The van der Waals surface area contributed by atoms with Crippen LogP contribution in [0.1, 0.15) is 48.3 Å². The molecular weight excluding hydrogens is 372 g/mol. The van der Waals surface area contributed by atoms with Gasteiger partial charge in [-0.1, -0.05) is 60.7 Å². The molecule has 0 saturated heterocycles. The molecule has 28 heavy (non-hydrogen) atoms. The van der Waals surface area contributed by atoms with E-state index < -0.39 is 0 Å². The minimum Gasteiger partial charge on any atom is -0.347 e. The van der Waals surface area contributed by atoms with E-state index in [2.05, 4.69) is 15.4 Å². The highest BCUT2D eigenvalue weighted by atomic mass is 35.5. The molecule has 1 N–H and O–H groups in total. The predicted molar refractivity (Wildman–Crippen MR) is 111 cm³/mol. The van der Waals surface area contributed by atoms with E-state index >= 15 is 0 Å². The van der Waals surface area contributed by atoms with Gasteiger partial charge >= 0.3 is 0 Å². The second-order valence-electron chi connectivity index (χ2n) is 7.33. The lowest BCUT2D eigenvalue weighted by molar-refractivity contribution is 0.0917. The number of hydrogen-bond donors (Lipinski definition) is 1. The molecule has 3 aromatic rings. The van der Waals surface area contributed by atoms with E-state index in [0.717, 1.165) is 42.5 Å². The van der Waals surface area contributed by atoms with Crippen molar-refractivity contribution in [3.8, 4) is 17.1 Å². The molecule has 0 aliphatic heterocycles. The lowest BCUT2D eigenvalue weighted by atomic mass is 9.95. The summed E-state index contributed by atoms with van der Waals surface area (Å²) in [5, 5.41) is 8.24. The van der Waals surface area contributed by atoms with Gasteiger partial charge in [0.15, 0.2) is 5.82 Å². The largest absolute Gasteiger partial charge is 0.347 e. The highest BCUT2D eigenvalue weighted by Gasteiger charge is 2.22. The van der Waals surface area contributed by atoms with Crippen molar-refractivity contribution in [2.24, 2.45) is 0 Å². The SMILES string of the molecule is Cc1ccc(-n2nc(C(=O)NC3CCCCC3)nc2-c2cccc(Cl)c2)cc1. The average Bonchev–Trinajstić information content (AvgIpc) is 3.15. The van der Waals surface area contributed by atoms with Crippen molar-refractivity contribution >= 4 is 17.5 Å². The van der Waals surface area contributed by atoms with Crippen molar-refractivity contribution in [3.63, 3.8) is 0 Å². The summed E-state index contributed by atoms with van der Waals surface area (Å²) in [6.07, 6.45) is 5.59. The molecule has 1 fully saturated rings. The molecule has 0 radical (unpaired) electrons. The van der Waals surface area contributed by atoms with Gasteiger partial charge in [-0.3, -0.25) is 4.79 Å². The van der Waals surface area contributed by atoms with Crippen LogP contribution in [0.3, 0.4) is 0 Å². The Kier molecular flexibility index (Phi) is 5.44. The maximum absolute atomic E-state index is 12.8. The minimum absolute atomic E-state index is 0.182. The van der Waals surface area contributed by atoms with Crippen LogP contribution in [0.25, 0.3) is 17.1 Å². The van der Waals surface area contributed by atoms with Gasteiger partial charge in [0.1, 0.15) is 0 Å². The van der Waals surface area contributed by atoms with Crippen LogP contribution in [0.4, 0.5) is 0 Å². The maximum Gasteiger partial charge on any atom is 0.291 e. The van der Waals surface area contributed by atoms with Crippen molar-refractivity contribution in [2.45, 2.75) is 45.1 Å². The summed E-state index contributed by atoms with van der Waals surface area (Å²) in [5.41, 5.74) is 2.82. The molecule has 1 aromatic heterocycles. The highest BCUT2D eigenvalue weighted by molar-refractivity contribution is 6.30. The normalized spacial score (nSPS) is 14.8. The van der Waals surface area contributed by atoms with Gasteiger partial charge in [-0.05, 0) is 44.0 Å². The van der Waals surface area contributed by atoms with Crippen LogP contribution >= 0.6 is 11.6 Å². The first-order chi connectivity index (χ1) is 13.6. The van der Waals surface area contributed by atoms with E-state index in [1.165, 1.54) is 6.42 Å². The molecule has 1 aliphatic carbocycles. The lowest BCUT2D eigenvalue weighted by Crippen LogP contribution is -2.36. The second kappa shape index (κ2) is 8.15. The Morgan fingerprint density at radius 1 is 1.11 bits per heavy atom. The number of nitrogens with zero attached hydrogens (tertiary/aromatic N) is 3. The molecule has 1 heterocycles. The third kappa shape index (κ3) is 4.09. The van der Waals surface area contributed by atoms with Crippen molar-refractivity contribution in [1.29, 1.82) is 0 Å². The van der Waals surface area contributed by atoms with E-state index in [9.17, 15) is 4.79 Å². The second-order valence-corrected chi connectivity index (χ2v) is 7.76. The van der Waals surface area contributed by atoms with Gasteiger partial charge in [0.2, 0.25) is 5.82 Å². The monoisotopic (exact) mass is 394 g/mol. The first-order valence-electron chi connectivity index (χ1n) is 9.71. The summed E-state index contributed by atoms with van der Waals surface area (Å²) in [6.45, 7) is 2.03. The minimum atomic E-state index is -0.221. The van der Waals surface area contributed by atoms with Crippen molar-refractivity contribution in [2.75, 3.05) is 0 Å². The average molecular weight is 395 g/mol. The van der Waals surface area contributed by atoms with Gasteiger partial charge in [-0.15, -0.1) is 5.10 Å². The maximum atomic E-state index is 12.8. The van der Waals surface area contributed by atoms with Crippen LogP contribution in [-0.4, -0.2) is 26.7 Å². The van der Waals surface area contributed by atoms with Gasteiger partial charge in [-0.2, -0.15) is 0 Å². The number of carbonyl (C=O) groups is 1. The number of benzene rings is 2. The smallest absolute Gasteiger partial charge is 0.291 e. The van der Waals surface area contributed by atoms with E-state index in [1.54, 1.807) is 4.68 Å². The first kappa shape index (κ1) is 18.7. The zero-order valence-electron chi connectivity index (χ0n) is 15.9. The molecule has 1 saturated carbocycles. The quantitative estimate of drug-likeness (QED) is 0.680. The topological polar surface area (TPSA) is 59.8 Å². The fraction of sp³-hybridized carbons (Fsp3) is 0.318. The van der Waals surface area contributed by atoms with E-state index in [-0.39, 0.29) is 17.8 Å². The van der Waals surface area contributed by atoms with Crippen molar-refractivity contribution < 1.29 is 4.79 Å². The van der Waals surface area contributed by atoms with Crippen LogP contribution in [-0.2, 0) is 0 Å². The first-order valence-corrected chi connectivity index (χ1v) is 10.1. The summed E-state index contributed by atoms with van der Waals surface area (Å²) in [5.74, 6) is 0.558. The Labute approximate surface area is 169 Å². The predicted octanol–water partition coefficient (Wildman–Crippen LogP) is 4.96. The molecule has 2 aromatic carbocycles. The van der Waals surface area contributed by atoms with Gasteiger partial charge in [0, 0.05) is 16.6 Å². The Balaban J connectivity index is 1.71. The lowest BCUT2D eigenvalue weighted by Gasteiger charge is -2.21. The summed E-state index contributed by atoms with van der Waals surface area (Å²) >= 11 is 6.18. The number of nitrogens with one attached hydrogen (secondary N) is 1. The number of carbonyl (C=O) groups excluding carboxylic acids is 1. The number of hydrogen-bond acceptors (Lipinski definition) is 3. The molecule has 5 nitrogen and oxygen atoms in total. The van der Waals surface area contributed by atoms with Gasteiger partial charge in [0.05, 0.1) is 5.69 Å². The molecule has 144 valence electrons. The Bertz CT molecular complexity index is 974. The van der Waals surface area contributed by atoms with Crippen molar-refractivity contribution in [3.05, 3.63) is 64.9 Å². The van der Waals surface area contributed by atoms with Gasteiger partial charge in [-0.25, -0.2) is 9.67 Å². The Morgan fingerprint density at radius 2 is 1.86 bits per heavy atom. The fourth-order valence-corrected chi connectivity index (χ4v) is 3.78. The molecule has 0 atom stereocenters. The number of rotatable bonds is 4. The summed E-state index contributed by atoms with van der Waals surface area (Å²) < 4.78 is 1.71. The van der Waals surface area contributed by atoms with E-state index in [4.69, 9.17) is 11.6 Å². The standard InChI is InChI=1S/C22H23ClN4O/c1-15-10-12-19(13-11-15)27-21(16-6-5-7-17(23)14-16)25-20(26-27)22(28)24-18-8-3-2-4-9-18/h5-7,10-14,18H,2-4,8-9H2,1H3,(H,24,28). The number of aromatic nitrogens is 3. The zero-order valence-corrected chi connectivity index (χ0v) is 16.6. The van der Waals surface area contributed by atoms with Crippen LogP contribution in [0, 0.1) is 6.92 Å². The Hall–Kier alpha value is -2.66. The molecule has 1 amide bonds. The highest BCUT2D eigenvalue weighted by Crippen LogP contribution is 2.24. The third-order valence-corrected chi connectivity index (χ3v) is 5.35. The molecule has 4 rings (SSSR count). The molecule has 0 bridgehead atoms. The Morgan fingerprint density at radius 3 is 2.57 bits per heavy atom. The van der Waals surface area contributed by atoms with Gasteiger partial charge < -0.3 is 5.32 Å². The summed E-state index contributed by atoms with van der Waals surface area (Å²) in [4.78, 5) is 17.4. The number of halogens is 1. The summed E-state index contributed by atoms with van der Waals surface area (Å²) in [6, 6.07) is 15.6. The molecular formula is C22H23ClN4O. The van der Waals surface area contributed by atoms with E-state index in [0.29, 0.717) is 10.8 Å². The number of aryl methyl sites for hydroxylation is 1. The third-order valence-electron chi connectivity index (χ3n) is 5.11. The molecule has 0 spiro atoms. The molecule has 0 unspecified atom stereocenters. The zero-order chi connectivity index (χ0) is 19.5.